The third kappa shape index (κ3) is 2.72. The molecule has 1 N–H and O–H groups in total. The van der Waals surface area contributed by atoms with Crippen LogP contribution in [0.5, 0.6) is 0 Å². The maximum absolute atomic E-state index is 5.74. The molecule has 7 heteroatoms. The lowest BCUT2D eigenvalue weighted by molar-refractivity contribution is -0.136. The summed E-state index contributed by atoms with van der Waals surface area (Å²) in [7, 11) is 0. The third-order valence-corrected chi connectivity index (χ3v) is 3.29. The Labute approximate surface area is 119 Å². The summed E-state index contributed by atoms with van der Waals surface area (Å²) in [6.45, 7) is 5.04. The predicted molar refractivity (Wildman–Crippen MR) is 74.1 cm³/mol. The minimum atomic E-state index is -0.500. The Morgan fingerprint density at radius 3 is 3.16 bits per heavy atom. The molecule has 0 bridgehead atoms. The van der Waals surface area contributed by atoms with E-state index in [-0.39, 0.29) is 6.10 Å². The van der Waals surface area contributed by atoms with Gasteiger partial charge in [-0.15, -0.1) is 0 Å². The number of anilines is 1. The SMILES string of the molecule is CC1(C)OCC(CNc2nc(Br)cn3ccnc23)O1. The molecule has 3 rings (SSSR count). The fourth-order valence-electron chi connectivity index (χ4n) is 2.09. The maximum atomic E-state index is 5.74. The first-order valence-electron chi connectivity index (χ1n) is 6.08. The van der Waals surface area contributed by atoms with E-state index in [1.165, 1.54) is 0 Å². The van der Waals surface area contributed by atoms with E-state index < -0.39 is 5.79 Å². The Bertz CT molecular complexity index is 598. The van der Waals surface area contributed by atoms with Gasteiger partial charge in [0.1, 0.15) is 10.7 Å². The monoisotopic (exact) mass is 326 g/mol. The van der Waals surface area contributed by atoms with Crippen LogP contribution in [0.2, 0.25) is 0 Å². The minimum Gasteiger partial charge on any atom is -0.364 e. The van der Waals surface area contributed by atoms with Crippen molar-refractivity contribution in [1.82, 2.24) is 14.4 Å². The molecule has 2 aromatic heterocycles. The van der Waals surface area contributed by atoms with Crippen LogP contribution in [0.1, 0.15) is 13.8 Å². The van der Waals surface area contributed by atoms with Gasteiger partial charge < -0.3 is 19.2 Å². The highest BCUT2D eigenvalue weighted by molar-refractivity contribution is 9.10. The first-order valence-corrected chi connectivity index (χ1v) is 6.88. The van der Waals surface area contributed by atoms with Gasteiger partial charge >= 0.3 is 0 Å². The van der Waals surface area contributed by atoms with Crippen molar-refractivity contribution in [3.63, 3.8) is 0 Å². The van der Waals surface area contributed by atoms with Gasteiger partial charge in [0.15, 0.2) is 17.3 Å². The molecule has 1 atom stereocenters. The molecule has 1 aliphatic rings. The topological polar surface area (TPSA) is 60.7 Å². The van der Waals surface area contributed by atoms with Crippen LogP contribution in [0.15, 0.2) is 23.2 Å². The summed E-state index contributed by atoms with van der Waals surface area (Å²) < 4.78 is 13.9. The lowest BCUT2D eigenvalue weighted by Crippen LogP contribution is -2.26. The summed E-state index contributed by atoms with van der Waals surface area (Å²) in [6.07, 6.45) is 5.51. The fraction of sp³-hybridized carbons (Fsp3) is 0.500. The number of hydrogen-bond acceptors (Lipinski definition) is 5. The van der Waals surface area contributed by atoms with Gasteiger partial charge in [0.2, 0.25) is 0 Å². The van der Waals surface area contributed by atoms with Crippen molar-refractivity contribution in [3.8, 4) is 0 Å². The van der Waals surface area contributed by atoms with Crippen molar-refractivity contribution in [2.75, 3.05) is 18.5 Å². The van der Waals surface area contributed by atoms with Gasteiger partial charge in [-0.25, -0.2) is 9.97 Å². The second-order valence-electron chi connectivity index (χ2n) is 4.90. The van der Waals surface area contributed by atoms with Crippen LogP contribution in [-0.2, 0) is 9.47 Å². The average molecular weight is 327 g/mol. The molecule has 1 fully saturated rings. The van der Waals surface area contributed by atoms with Gasteiger partial charge in [-0.1, -0.05) is 0 Å². The van der Waals surface area contributed by atoms with Gasteiger partial charge in [0.25, 0.3) is 0 Å². The number of nitrogens with zero attached hydrogens (tertiary/aromatic N) is 3. The maximum Gasteiger partial charge on any atom is 0.180 e. The Hall–Kier alpha value is -1.18. The molecule has 0 aliphatic carbocycles. The predicted octanol–water partition coefficient (Wildman–Crippen LogP) is 2.06. The van der Waals surface area contributed by atoms with Crippen molar-refractivity contribution in [3.05, 3.63) is 23.2 Å². The first kappa shape index (κ1) is 12.8. The van der Waals surface area contributed by atoms with Gasteiger partial charge in [-0.05, 0) is 29.8 Å². The number of hydrogen-bond donors (Lipinski definition) is 1. The second kappa shape index (κ2) is 4.73. The largest absolute Gasteiger partial charge is 0.364 e. The Balaban J connectivity index is 1.73. The summed E-state index contributed by atoms with van der Waals surface area (Å²) in [6, 6.07) is 0. The van der Waals surface area contributed by atoms with Crippen LogP contribution >= 0.6 is 15.9 Å². The molecule has 0 amide bonds. The molecule has 102 valence electrons. The standard InChI is InChI=1S/C12H15BrN4O2/c1-12(2)18-7-8(19-12)5-15-10-11-14-3-4-17(11)6-9(13)16-10/h3-4,6,8H,5,7H2,1-2H3,(H,15,16). The van der Waals surface area contributed by atoms with Crippen LogP contribution in [0.3, 0.4) is 0 Å². The van der Waals surface area contributed by atoms with Crippen LogP contribution in [-0.4, -0.2) is 39.4 Å². The Morgan fingerprint density at radius 2 is 2.42 bits per heavy atom. The molecule has 1 unspecified atom stereocenters. The highest BCUT2D eigenvalue weighted by Crippen LogP contribution is 2.23. The third-order valence-electron chi connectivity index (χ3n) is 2.91. The van der Waals surface area contributed by atoms with E-state index in [0.717, 1.165) is 16.1 Å². The van der Waals surface area contributed by atoms with Crippen molar-refractivity contribution < 1.29 is 9.47 Å². The summed E-state index contributed by atoms with van der Waals surface area (Å²) in [4.78, 5) is 8.68. The molecule has 0 spiro atoms. The molecule has 19 heavy (non-hydrogen) atoms. The van der Waals surface area contributed by atoms with Crippen LogP contribution in [0.4, 0.5) is 5.82 Å². The van der Waals surface area contributed by atoms with Crippen LogP contribution in [0, 0.1) is 0 Å². The quantitative estimate of drug-likeness (QED) is 0.935. The van der Waals surface area contributed by atoms with Crippen molar-refractivity contribution in [2.45, 2.75) is 25.7 Å². The zero-order valence-electron chi connectivity index (χ0n) is 10.8. The smallest absolute Gasteiger partial charge is 0.180 e. The number of aromatic nitrogens is 3. The highest BCUT2D eigenvalue weighted by atomic mass is 79.9. The summed E-state index contributed by atoms with van der Waals surface area (Å²) >= 11 is 3.38. The minimum absolute atomic E-state index is 0.0193. The molecule has 3 heterocycles. The lowest BCUT2D eigenvalue weighted by atomic mass is 10.3. The molecule has 2 aromatic rings. The Morgan fingerprint density at radius 1 is 1.58 bits per heavy atom. The zero-order chi connectivity index (χ0) is 13.5. The zero-order valence-corrected chi connectivity index (χ0v) is 12.3. The molecular weight excluding hydrogens is 312 g/mol. The van der Waals surface area contributed by atoms with Crippen molar-refractivity contribution in [2.24, 2.45) is 0 Å². The average Bonchev–Trinajstić information content (AvgIpc) is 2.92. The summed E-state index contributed by atoms with van der Waals surface area (Å²) in [5, 5.41) is 3.26. The second-order valence-corrected chi connectivity index (χ2v) is 5.71. The van der Waals surface area contributed by atoms with Crippen molar-refractivity contribution in [1.29, 1.82) is 0 Å². The molecule has 0 radical (unpaired) electrons. The number of imidazole rings is 1. The summed E-state index contributed by atoms with van der Waals surface area (Å²) in [5.41, 5.74) is 0.793. The van der Waals surface area contributed by atoms with Gasteiger partial charge in [0, 0.05) is 25.1 Å². The van der Waals surface area contributed by atoms with E-state index in [1.807, 2.05) is 30.6 Å². The molecular formula is C12H15BrN4O2. The van der Waals surface area contributed by atoms with Gasteiger partial charge in [-0.3, -0.25) is 0 Å². The van der Waals surface area contributed by atoms with E-state index in [1.54, 1.807) is 6.20 Å². The molecule has 6 nitrogen and oxygen atoms in total. The number of halogens is 1. The van der Waals surface area contributed by atoms with Crippen LogP contribution in [0.25, 0.3) is 5.65 Å². The van der Waals surface area contributed by atoms with E-state index in [2.05, 4.69) is 31.2 Å². The van der Waals surface area contributed by atoms with Crippen molar-refractivity contribution >= 4 is 27.4 Å². The van der Waals surface area contributed by atoms with E-state index >= 15 is 0 Å². The first-order chi connectivity index (χ1) is 9.03. The normalized spacial score (nSPS) is 21.9. The molecule has 1 saturated heterocycles. The van der Waals surface area contributed by atoms with E-state index in [9.17, 15) is 0 Å². The highest BCUT2D eigenvalue weighted by Gasteiger charge is 2.32. The number of rotatable bonds is 3. The number of ether oxygens (including phenoxy) is 2. The van der Waals surface area contributed by atoms with E-state index in [0.29, 0.717) is 13.2 Å². The number of fused-ring (bicyclic) bond motifs is 1. The van der Waals surface area contributed by atoms with Crippen LogP contribution < -0.4 is 5.32 Å². The molecule has 0 saturated carbocycles. The molecule has 1 aliphatic heterocycles. The number of nitrogens with one attached hydrogen (secondary N) is 1. The van der Waals surface area contributed by atoms with Gasteiger partial charge in [-0.2, -0.15) is 0 Å². The lowest BCUT2D eigenvalue weighted by Gasteiger charge is -2.17. The molecule has 0 aromatic carbocycles. The van der Waals surface area contributed by atoms with Gasteiger partial charge in [0.05, 0.1) is 6.61 Å². The van der Waals surface area contributed by atoms with E-state index in [4.69, 9.17) is 9.47 Å². The Kier molecular flexibility index (Phi) is 3.20. The fourth-order valence-corrected chi connectivity index (χ4v) is 2.49. The summed E-state index contributed by atoms with van der Waals surface area (Å²) in [5.74, 6) is 0.229.